The zero-order valence-corrected chi connectivity index (χ0v) is 10.4. The van der Waals surface area contributed by atoms with Crippen LogP contribution in [0.4, 0.5) is 0 Å². The molecular weight excluding hydrogens is 188 g/mol. The maximum atomic E-state index is 9.84. The van der Waals surface area contributed by atoms with E-state index in [-0.39, 0.29) is 6.10 Å². The molecule has 15 heavy (non-hydrogen) atoms. The summed E-state index contributed by atoms with van der Waals surface area (Å²) in [5.41, 5.74) is 0. The Morgan fingerprint density at radius 3 is 2.47 bits per heavy atom. The Hall–Kier alpha value is -0.120. The van der Waals surface area contributed by atoms with E-state index in [1.807, 2.05) is 0 Å². The van der Waals surface area contributed by atoms with Gasteiger partial charge in [-0.05, 0) is 31.8 Å². The summed E-state index contributed by atoms with van der Waals surface area (Å²) >= 11 is 0. The normalized spacial score (nSPS) is 18.8. The molecule has 0 aromatic heterocycles. The lowest BCUT2D eigenvalue weighted by Gasteiger charge is -2.23. The van der Waals surface area contributed by atoms with Crippen LogP contribution in [0.15, 0.2) is 0 Å². The summed E-state index contributed by atoms with van der Waals surface area (Å²) < 4.78 is 0. The van der Waals surface area contributed by atoms with Gasteiger partial charge in [0.05, 0.1) is 6.10 Å². The fraction of sp³-hybridized carbons (Fsp3) is 1.00. The quantitative estimate of drug-likeness (QED) is 0.634. The van der Waals surface area contributed by atoms with Crippen LogP contribution in [0, 0.1) is 5.92 Å². The third-order valence-electron chi connectivity index (χ3n) is 2.85. The molecular formula is C12H26N2O. The molecule has 0 aromatic rings. The standard InChI is InChI=1S/C12H26N2O/c1-4-14(11-5-6-11)9-12(15)8-13-7-10(2)3/h10-13,15H,4-9H2,1-3H3. The summed E-state index contributed by atoms with van der Waals surface area (Å²) in [6.45, 7) is 10.1. The summed E-state index contributed by atoms with van der Waals surface area (Å²) in [5.74, 6) is 0.655. The topological polar surface area (TPSA) is 35.5 Å². The second kappa shape index (κ2) is 6.46. The second-order valence-electron chi connectivity index (χ2n) is 5.02. The van der Waals surface area contributed by atoms with Crippen molar-refractivity contribution in [2.75, 3.05) is 26.2 Å². The molecule has 1 rings (SSSR count). The van der Waals surface area contributed by atoms with Crippen LogP contribution >= 0.6 is 0 Å². The highest BCUT2D eigenvalue weighted by molar-refractivity contribution is 4.85. The molecule has 1 aliphatic carbocycles. The fourth-order valence-electron chi connectivity index (χ4n) is 1.85. The van der Waals surface area contributed by atoms with Crippen molar-refractivity contribution in [3.8, 4) is 0 Å². The van der Waals surface area contributed by atoms with Crippen molar-refractivity contribution in [1.29, 1.82) is 0 Å². The molecule has 0 aliphatic heterocycles. The summed E-state index contributed by atoms with van der Waals surface area (Å²) in [6, 6.07) is 0.759. The first-order valence-electron chi connectivity index (χ1n) is 6.26. The van der Waals surface area contributed by atoms with Gasteiger partial charge in [0.2, 0.25) is 0 Å². The number of aliphatic hydroxyl groups is 1. The molecule has 0 aromatic carbocycles. The molecule has 3 nitrogen and oxygen atoms in total. The van der Waals surface area contributed by atoms with Crippen LogP contribution in [0.25, 0.3) is 0 Å². The number of likely N-dealkylation sites (N-methyl/N-ethyl adjacent to an activating group) is 1. The van der Waals surface area contributed by atoms with Gasteiger partial charge in [0.25, 0.3) is 0 Å². The van der Waals surface area contributed by atoms with Gasteiger partial charge in [-0.1, -0.05) is 20.8 Å². The van der Waals surface area contributed by atoms with Crippen molar-refractivity contribution in [1.82, 2.24) is 10.2 Å². The predicted molar refractivity (Wildman–Crippen MR) is 64.0 cm³/mol. The first-order valence-corrected chi connectivity index (χ1v) is 6.26. The van der Waals surface area contributed by atoms with Crippen LogP contribution in [0.5, 0.6) is 0 Å². The molecule has 90 valence electrons. The van der Waals surface area contributed by atoms with E-state index in [0.29, 0.717) is 5.92 Å². The lowest BCUT2D eigenvalue weighted by Crippen LogP contribution is -2.40. The molecule has 1 unspecified atom stereocenters. The van der Waals surface area contributed by atoms with E-state index in [4.69, 9.17) is 0 Å². The van der Waals surface area contributed by atoms with E-state index >= 15 is 0 Å². The number of nitrogens with zero attached hydrogens (tertiary/aromatic N) is 1. The van der Waals surface area contributed by atoms with Crippen LogP contribution < -0.4 is 5.32 Å². The van der Waals surface area contributed by atoms with Crippen molar-refractivity contribution < 1.29 is 5.11 Å². The van der Waals surface area contributed by atoms with Crippen LogP contribution in [0.2, 0.25) is 0 Å². The van der Waals surface area contributed by atoms with Crippen molar-refractivity contribution in [2.24, 2.45) is 5.92 Å². The molecule has 0 heterocycles. The lowest BCUT2D eigenvalue weighted by atomic mass is 10.2. The highest BCUT2D eigenvalue weighted by atomic mass is 16.3. The molecule has 0 amide bonds. The van der Waals surface area contributed by atoms with Crippen LogP contribution in [0.1, 0.15) is 33.6 Å². The second-order valence-corrected chi connectivity index (χ2v) is 5.02. The Morgan fingerprint density at radius 1 is 1.33 bits per heavy atom. The summed E-state index contributed by atoms with van der Waals surface area (Å²) in [7, 11) is 0. The Morgan fingerprint density at radius 2 is 2.00 bits per heavy atom. The molecule has 0 radical (unpaired) electrons. The first-order chi connectivity index (χ1) is 7.13. The maximum absolute atomic E-state index is 9.84. The predicted octanol–water partition coefficient (Wildman–Crippen LogP) is 1.08. The number of hydrogen-bond acceptors (Lipinski definition) is 3. The van der Waals surface area contributed by atoms with Gasteiger partial charge in [-0.2, -0.15) is 0 Å². The van der Waals surface area contributed by atoms with Gasteiger partial charge < -0.3 is 10.4 Å². The first kappa shape index (κ1) is 12.9. The molecule has 1 saturated carbocycles. The molecule has 3 heteroatoms. The van der Waals surface area contributed by atoms with Gasteiger partial charge in [-0.15, -0.1) is 0 Å². The Bertz CT molecular complexity index is 169. The van der Waals surface area contributed by atoms with Crippen LogP contribution in [-0.2, 0) is 0 Å². The fourth-order valence-corrected chi connectivity index (χ4v) is 1.85. The molecule has 1 aliphatic rings. The van der Waals surface area contributed by atoms with Crippen molar-refractivity contribution in [3.05, 3.63) is 0 Å². The molecule has 0 saturated heterocycles. The average Bonchev–Trinajstić information content (AvgIpc) is 2.96. The van der Waals surface area contributed by atoms with Gasteiger partial charge >= 0.3 is 0 Å². The van der Waals surface area contributed by atoms with Crippen molar-refractivity contribution in [3.63, 3.8) is 0 Å². The third-order valence-corrected chi connectivity index (χ3v) is 2.85. The minimum Gasteiger partial charge on any atom is -0.390 e. The molecule has 1 fully saturated rings. The maximum Gasteiger partial charge on any atom is 0.0791 e. The minimum atomic E-state index is -0.218. The van der Waals surface area contributed by atoms with E-state index in [1.54, 1.807) is 0 Å². The number of hydrogen-bond donors (Lipinski definition) is 2. The smallest absolute Gasteiger partial charge is 0.0791 e. The van der Waals surface area contributed by atoms with Gasteiger partial charge in [0.1, 0.15) is 0 Å². The SMILES string of the molecule is CCN(CC(O)CNCC(C)C)C1CC1. The number of nitrogens with one attached hydrogen (secondary N) is 1. The Kier molecular flexibility index (Phi) is 5.58. The van der Waals surface area contributed by atoms with Crippen LogP contribution in [0.3, 0.4) is 0 Å². The molecule has 0 spiro atoms. The highest BCUT2D eigenvalue weighted by Crippen LogP contribution is 2.26. The zero-order valence-electron chi connectivity index (χ0n) is 10.4. The molecule has 2 N–H and O–H groups in total. The Labute approximate surface area is 93.9 Å². The lowest BCUT2D eigenvalue weighted by molar-refractivity contribution is 0.109. The van der Waals surface area contributed by atoms with Crippen molar-refractivity contribution in [2.45, 2.75) is 45.8 Å². The largest absolute Gasteiger partial charge is 0.390 e. The van der Waals surface area contributed by atoms with Gasteiger partial charge in [-0.25, -0.2) is 0 Å². The zero-order chi connectivity index (χ0) is 11.3. The number of aliphatic hydroxyl groups excluding tert-OH is 1. The highest BCUT2D eigenvalue weighted by Gasteiger charge is 2.28. The van der Waals surface area contributed by atoms with E-state index in [1.165, 1.54) is 12.8 Å². The third kappa shape index (κ3) is 5.50. The number of rotatable bonds is 8. The van der Waals surface area contributed by atoms with Crippen LogP contribution in [-0.4, -0.2) is 48.3 Å². The van der Waals surface area contributed by atoms with Gasteiger partial charge in [-0.3, -0.25) is 4.90 Å². The Balaban J connectivity index is 2.08. The minimum absolute atomic E-state index is 0.218. The summed E-state index contributed by atoms with van der Waals surface area (Å²) in [4.78, 5) is 2.39. The summed E-state index contributed by atoms with van der Waals surface area (Å²) in [5, 5.41) is 13.1. The van der Waals surface area contributed by atoms with E-state index in [0.717, 1.165) is 32.2 Å². The van der Waals surface area contributed by atoms with Gasteiger partial charge in [0.15, 0.2) is 0 Å². The van der Waals surface area contributed by atoms with Crippen molar-refractivity contribution >= 4 is 0 Å². The van der Waals surface area contributed by atoms with E-state index in [9.17, 15) is 5.11 Å². The monoisotopic (exact) mass is 214 g/mol. The molecule has 1 atom stereocenters. The van der Waals surface area contributed by atoms with E-state index < -0.39 is 0 Å². The molecule has 0 bridgehead atoms. The van der Waals surface area contributed by atoms with Gasteiger partial charge in [0, 0.05) is 19.1 Å². The van der Waals surface area contributed by atoms with E-state index in [2.05, 4.69) is 31.0 Å². The average molecular weight is 214 g/mol. The summed E-state index contributed by atoms with van der Waals surface area (Å²) in [6.07, 6.45) is 2.42.